The number of fused-ring (bicyclic) bond motifs is 1. The van der Waals surface area contributed by atoms with Crippen molar-refractivity contribution in [1.29, 1.82) is 0 Å². The van der Waals surface area contributed by atoms with Gasteiger partial charge in [-0.1, -0.05) is 30.3 Å². The lowest BCUT2D eigenvalue weighted by Crippen LogP contribution is -2.52. The van der Waals surface area contributed by atoms with Gasteiger partial charge in [-0.25, -0.2) is 0 Å². The van der Waals surface area contributed by atoms with Crippen molar-refractivity contribution in [2.24, 2.45) is 0 Å². The van der Waals surface area contributed by atoms with Crippen LogP contribution in [0.5, 0.6) is 0 Å². The van der Waals surface area contributed by atoms with Crippen molar-refractivity contribution in [3.8, 4) is 0 Å². The van der Waals surface area contributed by atoms with Crippen LogP contribution in [-0.2, 0) is 33.8 Å². The molecule has 8 nitrogen and oxygen atoms in total. The summed E-state index contributed by atoms with van der Waals surface area (Å²) in [6.07, 6.45) is -6.79. The normalized spacial score (nSPS) is 40.8. The van der Waals surface area contributed by atoms with Crippen molar-refractivity contribution >= 4 is 23.4 Å². The summed E-state index contributed by atoms with van der Waals surface area (Å²) in [6.45, 7) is -23.3. The third kappa shape index (κ3) is 4.62. The van der Waals surface area contributed by atoms with Gasteiger partial charge in [0.1, 0.15) is 6.04 Å². The first-order chi connectivity index (χ1) is 22.8. The van der Waals surface area contributed by atoms with E-state index in [4.69, 9.17) is 24.7 Å². The van der Waals surface area contributed by atoms with E-state index in [2.05, 4.69) is 10.1 Å². The monoisotopic (exact) mass is 466 g/mol. The number of ether oxygens (including phenoxy) is 1. The van der Waals surface area contributed by atoms with Crippen LogP contribution in [0.15, 0.2) is 42.5 Å². The zero-order valence-corrected chi connectivity index (χ0v) is 16.6. The van der Waals surface area contributed by atoms with Gasteiger partial charge in [-0.2, -0.15) is 0 Å². The Morgan fingerprint density at radius 2 is 1.85 bits per heavy atom. The molecular weight excluding hydrogens is 420 g/mol. The van der Waals surface area contributed by atoms with Crippen molar-refractivity contribution in [3.63, 3.8) is 0 Å². The number of hydrogen-bond donors (Lipinski definition) is 2. The topological polar surface area (TPSA) is 91.0 Å². The minimum atomic E-state index is -3.59. The Labute approximate surface area is 218 Å². The third-order valence-electron chi connectivity index (χ3n) is 4.70. The molecule has 33 heavy (non-hydrogen) atoms. The summed E-state index contributed by atoms with van der Waals surface area (Å²) in [5.41, 5.74) is -2.24. The largest absolute Gasteiger partial charge is 0.381 e. The highest BCUT2D eigenvalue weighted by Gasteiger charge is 2.39. The van der Waals surface area contributed by atoms with Gasteiger partial charge in [-0.3, -0.25) is 24.6 Å². The molecule has 2 N–H and O–H groups in total. The number of carbonyl (C=O) groups excluding carboxylic acids is 3. The van der Waals surface area contributed by atoms with Gasteiger partial charge in [0.25, 0.3) is 5.91 Å². The molecule has 2 aromatic rings. The van der Waals surface area contributed by atoms with Gasteiger partial charge in [0, 0.05) is 69.4 Å². The highest BCUT2D eigenvalue weighted by molar-refractivity contribution is 6.06. The maximum Gasteiger partial charge on any atom is 0.255 e. The summed E-state index contributed by atoms with van der Waals surface area (Å²) in [6, 6.07) is 4.75. The number of benzene rings is 2. The predicted octanol–water partition coefficient (Wildman–Crippen LogP) is 1.89. The predicted molar refractivity (Wildman–Crippen MR) is 122 cm³/mol. The Kier molecular flexibility index (Phi) is 2.60. The molecule has 172 valence electrons. The minimum Gasteiger partial charge on any atom is -0.381 e. The second kappa shape index (κ2) is 9.33. The van der Waals surface area contributed by atoms with E-state index in [1.54, 1.807) is 5.32 Å². The van der Waals surface area contributed by atoms with Crippen LogP contribution in [0.4, 0.5) is 5.69 Å². The summed E-state index contributed by atoms with van der Waals surface area (Å²) in [4.78, 5) is 38.3. The van der Waals surface area contributed by atoms with Crippen LogP contribution in [0.3, 0.4) is 0 Å². The molecule has 0 aliphatic carbocycles. The van der Waals surface area contributed by atoms with Crippen LogP contribution >= 0.6 is 0 Å². The third-order valence-corrected chi connectivity index (χ3v) is 4.70. The fourth-order valence-corrected chi connectivity index (χ4v) is 3.17. The number of carbonyl (C=O) groups is 3. The van der Waals surface area contributed by atoms with Crippen molar-refractivity contribution in [3.05, 3.63) is 64.7 Å². The molecule has 0 radical (unpaired) electrons. The molecule has 0 unspecified atom stereocenters. The number of morpholine rings is 1. The fraction of sp³-hybridized carbons (Fsp3) is 0.400. The van der Waals surface area contributed by atoms with Gasteiger partial charge in [0.05, 0.1) is 24.1 Å². The maximum absolute atomic E-state index is 13.5. The molecule has 0 aromatic heterocycles. The second-order valence-corrected chi connectivity index (χ2v) is 6.81. The average Bonchev–Trinajstić information content (AvgIpc) is 3.16. The van der Waals surface area contributed by atoms with Crippen LogP contribution in [0, 0.1) is 0 Å². The number of anilines is 1. The Hall–Kier alpha value is -3.23. The van der Waals surface area contributed by atoms with Crippen molar-refractivity contribution in [1.82, 2.24) is 15.1 Å². The Morgan fingerprint density at radius 3 is 2.64 bits per heavy atom. The van der Waals surface area contributed by atoms with Crippen LogP contribution in [0.2, 0.25) is 0 Å². The molecule has 0 spiro atoms. The van der Waals surface area contributed by atoms with Gasteiger partial charge in [0.15, 0.2) is 0 Å². The number of nitrogens with one attached hydrogen (secondary N) is 2. The van der Waals surface area contributed by atoms with Gasteiger partial charge < -0.3 is 15.0 Å². The molecule has 0 bridgehead atoms. The summed E-state index contributed by atoms with van der Waals surface area (Å²) < 4.78 is 153. The quantitative estimate of drug-likeness (QED) is 0.632. The second-order valence-electron chi connectivity index (χ2n) is 6.81. The number of imide groups is 1. The van der Waals surface area contributed by atoms with Crippen LogP contribution in [0.1, 0.15) is 64.5 Å². The number of hydrogen-bond acceptors (Lipinski definition) is 6. The molecule has 0 saturated carbocycles. The molecule has 3 heterocycles. The number of nitrogens with zero attached hydrogens (tertiary/aromatic N) is 2. The smallest absolute Gasteiger partial charge is 0.255 e. The van der Waals surface area contributed by atoms with E-state index in [0.29, 0.717) is 0 Å². The summed E-state index contributed by atoms with van der Waals surface area (Å²) >= 11 is 0. The molecule has 8 heteroatoms. The van der Waals surface area contributed by atoms with Gasteiger partial charge in [0.2, 0.25) is 11.8 Å². The number of rotatable bonds is 6. The first-order valence-corrected chi connectivity index (χ1v) is 9.54. The summed E-state index contributed by atoms with van der Waals surface area (Å²) in [5, 5.41) is 4.03. The van der Waals surface area contributed by atoms with Gasteiger partial charge in [-0.05, 0) is 29.6 Å². The van der Waals surface area contributed by atoms with Crippen molar-refractivity contribution in [2.45, 2.75) is 38.3 Å². The van der Waals surface area contributed by atoms with Crippen molar-refractivity contribution < 1.29 is 43.8 Å². The lowest BCUT2D eigenvalue weighted by molar-refractivity contribution is -0.136. The first-order valence-electron chi connectivity index (χ1n) is 18.5. The van der Waals surface area contributed by atoms with E-state index in [1.165, 1.54) is 6.07 Å². The zero-order valence-electron chi connectivity index (χ0n) is 34.6. The first kappa shape index (κ1) is 9.19. The van der Waals surface area contributed by atoms with E-state index < -0.39 is 98.8 Å². The lowest BCUT2D eigenvalue weighted by atomic mass is 10.0. The Balaban J connectivity index is 1.49. The lowest BCUT2D eigenvalue weighted by Gasteiger charge is -2.29. The SMILES string of the molecule is [2H]C([2H])(Nc1cccc2c1C([2H])([2H])N([C@@H]1C(=O)NC(=O)C([2H])([2H])C1([2H])[2H])C2=O)c1ccc(C([2H])([2H])N2C([2H])([2H])C([2H])([2H])OC([2H])([2H])C2([2H])[2H])cc1. The summed E-state index contributed by atoms with van der Waals surface area (Å²) in [7, 11) is 0. The molecule has 2 saturated heterocycles. The molecule has 3 amide bonds. The highest BCUT2D eigenvalue weighted by Crippen LogP contribution is 2.32. The molecule has 3 aliphatic rings. The summed E-state index contributed by atoms with van der Waals surface area (Å²) in [5.74, 6) is -4.38. The Morgan fingerprint density at radius 1 is 1.09 bits per heavy atom. The van der Waals surface area contributed by atoms with Crippen LogP contribution < -0.4 is 10.6 Å². The molecule has 5 rings (SSSR count). The van der Waals surface area contributed by atoms with E-state index in [0.717, 1.165) is 36.4 Å². The van der Waals surface area contributed by atoms with Crippen molar-refractivity contribution in [2.75, 3.05) is 31.4 Å². The highest BCUT2D eigenvalue weighted by atomic mass is 16.5. The molecule has 2 fully saturated rings. The van der Waals surface area contributed by atoms with E-state index in [1.807, 2.05) is 0 Å². The fourth-order valence-electron chi connectivity index (χ4n) is 3.17. The maximum atomic E-state index is 13.5. The standard InChI is InChI=1S/C25H28N4O4/c30-23-9-8-22(24(31)27-23)29-16-20-19(25(29)32)2-1-3-21(20)26-14-17-4-6-18(7-5-17)15-28-10-12-33-13-11-28/h1-7,22,26H,8-16H2,(H,27,30,31)/t22-/m0/s1/i8D2,9D2,10D2,11D2,12D2,13D2,14D2,15D2,16D2. The zero-order chi connectivity index (χ0) is 38.9. The molecule has 1 atom stereocenters. The number of piperidine rings is 1. The molecular formula is C25H28N4O4. The molecule has 2 aromatic carbocycles. The van der Waals surface area contributed by atoms with E-state index >= 15 is 0 Å². The van der Waals surface area contributed by atoms with Gasteiger partial charge >= 0.3 is 0 Å². The molecule has 3 aliphatic heterocycles. The number of amides is 3. The van der Waals surface area contributed by atoms with Crippen LogP contribution in [0.25, 0.3) is 0 Å². The minimum absolute atomic E-state index is 0.141. The van der Waals surface area contributed by atoms with E-state index in [9.17, 15) is 14.4 Å². The average molecular weight is 467 g/mol. The van der Waals surface area contributed by atoms with Gasteiger partial charge in [-0.15, -0.1) is 0 Å². The van der Waals surface area contributed by atoms with Crippen LogP contribution in [-0.4, -0.2) is 59.7 Å². The van der Waals surface area contributed by atoms with E-state index in [-0.39, 0.29) is 21.1 Å². The Bertz CT molecular complexity index is 1790.